The van der Waals surface area contributed by atoms with Crippen molar-refractivity contribution in [2.45, 2.75) is 32.8 Å². The predicted molar refractivity (Wildman–Crippen MR) is 65.8 cm³/mol. The largest absolute Gasteiger partial charge is 0.481 e. The third-order valence-electron chi connectivity index (χ3n) is 2.36. The molecule has 88 valence electrons. The Balaban J connectivity index is 3.09. The fraction of sp³-hybridized carbons (Fsp3) is 0.455. The van der Waals surface area contributed by atoms with Gasteiger partial charge in [-0.25, -0.2) is 0 Å². The Morgan fingerprint density at radius 3 is 2.62 bits per heavy atom. The third-order valence-corrected chi connectivity index (χ3v) is 2.85. The summed E-state index contributed by atoms with van der Waals surface area (Å²) in [5.74, 6) is 0.306. The first kappa shape index (κ1) is 13.0. The van der Waals surface area contributed by atoms with Gasteiger partial charge in [0, 0.05) is 10.5 Å². The molecule has 16 heavy (non-hydrogen) atoms. The Labute approximate surface area is 103 Å². The van der Waals surface area contributed by atoms with Gasteiger partial charge in [-0.05, 0) is 32.4 Å². The summed E-state index contributed by atoms with van der Waals surface area (Å²) in [5.41, 5.74) is -0.422. The zero-order valence-electron chi connectivity index (χ0n) is 9.49. The van der Waals surface area contributed by atoms with Crippen LogP contribution in [-0.2, 0) is 0 Å². The van der Waals surface area contributed by atoms with E-state index in [4.69, 9.17) is 4.74 Å². The second kappa shape index (κ2) is 4.82. The number of nitro benzene ring substituents is 1. The normalized spacial score (nSPS) is 11.2. The van der Waals surface area contributed by atoms with E-state index in [1.54, 1.807) is 12.1 Å². The summed E-state index contributed by atoms with van der Waals surface area (Å²) in [4.78, 5) is 10.4. The second-order valence-corrected chi connectivity index (χ2v) is 5.00. The van der Waals surface area contributed by atoms with E-state index in [9.17, 15) is 10.1 Å². The standard InChI is InChI=1S/C11H14BrNO3/c1-4-11(2,3)16-10-6-5-8(12)7-9(10)13(14)15/h5-7H,4H2,1-3H3. The lowest BCUT2D eigenvalue weighted by Crippen LogP contribution is -2.27. The minimum absolute atomic E-state index is 0.0177. The molecule has 0 N–H and O–H groups in total. The smallest absolute Gasteiger partial charge is 0.312 e. The number of ether oxygens (including phenoxy) is 1. The molecule has 0 atom stereocenters. The summed E-state index contributed by atoms with van der Waals surface area (Å²) in [6, 6.07) is 4.79. The highest BCUT2D eigenvalue weighted by Crippen LogP contribution is 2.33. The molecule has 0 fully saturated rings. The number of rotatable bonds is 4. The van der Waals surface area contributed by atoms with Crippen LogP contribution in [0.4, 0.5) is 5.69 Å². The Kier molecular flexibility index (Phi) is 3.91. The van der Waals surface area contributed by atoms with Crippen molar-refractivity contribution in [3.05, 3.63) is 32.8 Å². The van der Waals surface area contributed by atoms with Crippen LogP contribution in [0.25, 0.3) is 0 Å². The van der Waals surface area contributed by atoms with E-state index >= 15 is 0 Å². The van der Waals surface area contributed by atoms with Gasteiger partial charge >= 0.3 is 5.69 Å². The highest BCUT2D eigenvalue weighted by atomic mass is 79.9. The molecule has 1 rings (SSSR count). The lowest BCUT2D eigenvalue weighted by molar-refractivity contribution is -0.386. The van der Waals surface area contributed by atoms with E-state index < -0.39 is 10.5 Å². The Bertz CT molecular complexity index is 404. The summed E-state index contributed by atoms with van der Waals surface area (Å²) in [6.07, 6.45) is 0.778. The molecule has 0 radical (unpaired) electrons. The fourth-order valence-corrected chi connectivity index (χ4v) is 1.44. The molecule has 0 unspecified atom stereocenters. The minimum atomic E-state index is -0.439. The average molecular weight is 288 g/mol. The first-order chi connectivity index (χ1) is 7.35. The molecule has 4 nitrogen and oxygen atoms in total. The maximum Gasteiger partial charge on any atom is 0.312 e. The van der Waals surface area contributed by atoms with Crippen molar-refractivity contribution >= 4 is 21.6 Å². The molecule has 0 amide bonds. The molecule has 0 aliphatic rings. The monoisotopic (exact) mass is 287 g/mol. The molecular formula is C11H14BrNO3. The van der Waals surface area contributed by atoms with Gasteiger partial charge in [0.1, 0.15) is 5.60 Å². The number of benzene rings is 1. The van der Waals surface area contributed by atoms with E-state index in [2.05, 4.69) is 15.9 Å². The van der Waals surface area contributed by atoms with Crippen LogP contribution in [0.1, 0.15) is 27.2 Å². The zero-order valence-corrected chi connectivity index (χ0v) is 11.1. The third kappa shape index (κ3) is 3.20. The van der Waals surface area contributed by atoms with Gasteiger partial charge in [-0.3, -0.25) is 10.1 Å². The van der Waals surface area contributed by atoms with Crippen LogP contribution in [0.2, 0.25) is 0 Å². The molecule has 0 aliphatic heterocycles. The van der Waals surface area contributed by atoms with Crippen molar-refractivity contribution in [3.63, 3.8) is 0 Å². The number of hydrogen-bond acceptors (Lipinski definition) is 3. The van der Waals surface area contributed by atoms with Crippen molar-refractivity contribution in [1.29, 1.82) is 0 Å². The van der Waals surface area contributed by atoms with Crippen molar-refractivity contribution in [1.82, 2.24) is 0 Å². The molecule has 0 aliphatic carbocycles. The van der Waals surface area contributed by atoms with Crippen LogP contribution in [0.5, 0.6) is 5.75 Å². The lowest BCUT2D eigenvalue weighted by Gasteiger charge is -2.24. The van der Waals surface area contributed by atoms with Gasteiger partial charge in [-0.2, -0.15) is 0 Å². The first-order valence-corrected chi connectivity index (χ1v) is 5.78. The summed E-state index contributed by atoms with van der Waals surface area (Å²) < 4.78 is 6.30. The molecule has 0 bridgehead atoms. The van der Waals surface area contributed by atoms with E-state index in [-0.39, 0.29) is 5.69 Å². The van der Waals surface area contributed by atoms with Gasteiger partial charge in [0.25, 0.3) is 0 Å². The van der Waals surface area contributed by atoms with E-state index in [1.807, 2.05) is 20.8 Å². The predicted octanol–water partition coefficient (Wildman–Crippen LogP) is 3.92. The molecule has 5 heteroatoms. The maximum atomic E-state index is 10.9. The Morgan fingerprint density at radius 2 is 2.12 bits per heavy atom. The van der Waals surface area contributed by atoms with E-state index in [1.165, 1.54) is 6.07 Å². The van der Waals surface area contributed by atoms with Crippen molar-refractivity contribution in [2.24, 2.45) is 0 Å². The van der Waals surface area contributed by atoms with Crippen LogP contribution in [-0.4, -0.2) is 10.5 Å². The van der Waals surface area contributed by atoms with Crippen LogP contribution in [0.15, 0.2) is 22.7 Å². The van der Waals surface area contributed by atoms with E-state index in [0.29, 0.717) is 10.2 Å². The topological polar surface area (TPSA) is 52.4 Å². The molecular weight excluding hydrogens is 274 g/mol. The summed E-state index contributed by atoms with van der Waals surface area (Å²) in [6.45, 7) is 5.78. The summed E-state index contributed by atoms with van der Waals surface area (Å²) in [5, 5.41) is 10.9. The summed E-state index contributed by atoms with van der Waals surface area (Å²) in [7, 11) is 0. The van der Waals surface area contributed by atoms with Crippen LogP contribution in [0.3, 0.4) is 0 Å². The van der Waals surface area contributed by atoms with Crippen molar-refractivity contribution in [3.8, 4) is 5.75 Å². The van der Waals surface area contributed by atoms with Crippen LogP contribution < -0.4 is 4.74 Å². The van der Waals surface area contributed by atoms with Gasteiger partial charge in [0.05, 0.1) is 4.92 Å². The van der Waals surface area contributed by atoms with Gasteiger partial charge in [-0.15, -0.1) is 0 Å². The highest BCUT2D eigenvalue weighted by Gasteiger charge is 2.23. The van der Waals surface area contributed by atoms with Gasteiger partial charge < -0.3 is 4.74 Å². The Hall–Kier alpha value is -1.10. The first-order valence-electron chi connectivity index (χ1n) is 4.98. The quantitative estimate of drug-likeness (QED) is 0.623. The van der Waals surface area contributed by atoms with Gasteiger partial charge in [0.15, 0.2) is 5.75 Å². The molecule has 1 aromatic rings. The molecule has 0 saturated heterocycles. The molecule has 0 heterocycles. The molecule has 0 aromatic heterocycles. The van der Waals surface area contributed by atoms with Gasteiger partial charge in [-0.1, -0.05) is 22.9 Å². The second-order valence-electron chi connectivity index (χ2n) is 4.08. The van der Waals surface area contributed by atoms with E-state index in [0.717, 1.165) is 6.42 Å². The molecule has 0 saturated carbocycles. The highest BCUT2D eigenvalue weighted by molar-refractivity contribution is 9.10. The number of nitro groups is 1. The maximum absolute atomic E-state index is 10.9. The SMILES string of the molecule is CCC(C)(C)Oc1ccc(Br)cc1[N+](=O)[O-]. The molecule has 1 aromatic carbocycles. The lowest BCUT2D eigenvalue weighted by atomic mass is 10.1. The van der Waals surface area contributed by atoms with Crippen molar-refractivity contribution in [2.75, 3.05) is 0 Å². The fourth-order valence-electron chi connectivity index (χ4n) is 1.09. The number of hydrogen-bond donors (Lipinski definition) is 0. The minimum Gasteiger partial charge on any atom is -0.481 e. The molecule has 0 spiro atoms. The Morgan fingerprint density at radius 1 is 1.50 bits per heavy atom. The average Bonchev–Trinajstić information content (AvgIpc) is 2.20. The van der Waals surface area contributed by atoms with Gasteiger partial charge in [0.2, 0.25) is 0 Å². The van der Waals surface area contributed by atoms with Crippen molar-refractivity contribution < 1.29 is 9.66 Å². The number of halogens is 1. The van der Waals surface area contributed by atoms with Crippen LogP contribution in [0, 0.1) is 10.1 Å². The number of nitrogens with zero attached hydrogens (tertiary/aromatic N) is 1. The van der Waals surface area contributed by atoms with Crippen LogP contribution >= 0.6 is 15.9 Å². The summed E-state index contributed by atoms with van der Waals surface area (Å²) >= 11 is 3.20. The zero-order chi connectivity index (χ0) is 12.3.